The lowest BCUT2D eigenvalue weighted by molar-refractivity contribution is -0.145. The summed E-state index contributed by atoms with van der Waals surface area (Å²) in [5, 5.41) is 8.80. The normalized spacial score (nSPS) is 10.6. The van der Waals surface area contributed by atoms with E-state index in [0.29, 0.717) is 58.5 Å². The van der Waals surface area contributed by atoms with Gasteiger partial charge in [-0.3, -0.25) is 19.2 Å². The number of nitrogens with one attached hydrogen (secondary N) is 3. The Morgan fingerprint density at radius 3 is 1.43 bits per heavy atom. The van der Waals surface area contributed by atoms with E-state index in [0.717, 1.165) is 82.6 Å². The second-order valence-corrected chi connectivity index (χ2v) is 10.2. The molecule has 40 heavy (non-hydrogen) atoms. The van der Waals surface area contributed by atoms with E-state index >= 15 is 0 Å². The zero-order valence-electron chi connectivity index (χ0n) is 24.4. The van der Waals surface area contributed by atoms with Gasteiger partial charge in [-0.25, -0.2) is 0 Å². The Morgan fingerprint density at radius 2 is 0.975 bits per heavy atom. The van der Waals surface area contributed by atoms with Gasteiger partial charge in [0.2, 0.25) is 17.7 Å². The van der Waals surface area contributed by atoms with Crippen LogP contribution in [0.4, 0.5) is 0 Å². The van der Waals surface area contributed by atoms with Crippen molar-refractivity contribution in [2.24, 2.45) is 5.73 Å². The van der Waals surface area contributed by atoms with E-state index in [9.17, 15) is 19.2 Å². The fourth-order valence-corrected chi connectivity index (χ4v) is 4.11. The van der Waals surface area contributed by atoms with Crippen molar-refractivity contribution in [3.63, 3.8) is 0 Å². The SMILES string of the molecule is NCCCCCC(=O)NCCCCCC(=O)NCCCCCC(=O)NCCCCCC(=O)OCc1ccccc1. The van der Waals surface area contributed by atoms with Crippen LogP contribution in [-0.2, 0) is 30.5 Å². The molecule has 0 saturated heterocycles. The summed E-state index contributed by atoms with van der Waals surface area (Å²) in [5.74, 6) is 0.0186. The number of nitrogens with two attached hydrogens (primary N) is 1. The molecule has 0 unspecified atom stereocenters. The molecule has 226 valence electrons. The first-order chi connectivity index (χ1) is 19.5. The maximum Gasteiger partial charge on any atom is 0.306 e. The van der Waals surface area contributed by atoms with Crippen LogP contribution in [-0.4, -0.2) is 49.9 Å². The standard InChI is InChI=1S/C31H52N4O5/c32-22-12-2-8-18-28(36)33-23-13-3-9-19-29(37)34-24-14-4-10-20-30(38)35-25-15-5-11-21-31(39)40-26-27-16-6-1-7-17-27/h1,6-7,16-17H,2-5,8-15,18-26,32H2,(H,33,36)(H,34,37)(H,35,38). The molecule has 5 N–H and O–H groups in total. The number of unbranched alkanes of at least 4 members (excludes halogenated alkanes) is 8. The first-order valence-electron chi connectivity index (χ1n) is 15.2. The van der Waals surface area contributed by atoms with Gasteiger partial charge in [0.05, 0.1) is 0 Å². The molecule has 1 rings (SSSR count). The van der Waals surface area contributed by atoms with E-state index in [-0.39, 0.29) is 23.7 Å². The Hall–Kier alpha value is -2.94. The highest BCUT2D eigenvalue weighted by Gasteiger charge is 2.05. The van der Waals surface area contributed by atoms with Gasteiger partial charge in [-0.15, -0.1) is 0 Å². The van der Waals surface area contributed by atoms with Crippen molar-refractivity contribution < 1.29 is 23.9 Å². The monoisotopic (exact) mass is 560 g/mol. The fourth-order valence-electron chi connectivity index (χ4n) is 4.11. The number of carbonyl (C=O) groups excluding carboxylic acids is 4. The Kier molecular flexibility index (Phi) is 22.0. The Morgan fingerprint density at radius 1 is 0.550 bits per heavy atom. The molecule has 1 aromatic carbocycles. The summed E-state index contributed by atoms with van der Waals surface area (Å²) in [7, 11) is 0. The summed E-state index contributed by atoms with van der Waals surface area (Å²) < 4.78 is 5.26. The zero-order chi connectivity index (χ0) is 29.1. The second-order valence-electron chi connectivity index (χ2n) is 10.2. The number of hydrogen-bond donors (Lipinski definition) is 4. The summed E-state index contributed by atoms with van der Waals surface area (Å²) in [4.78, 5) is 47.4. The molecule has 1 aromatic rings. The lowest BCUT2D eigenvalue weighted by Gasteiger charge is -2.07. The quantitative estimate of drug-likeness (QED) is 0.104. The number of ether oxygens (including phenoxy) is 1. The first-order valence-corrected chi connectivity index (χ1v) is 15.2. The molecule has 0 aromatic heterocycles. The number of hydrogen-bond acceptors (Lipinski definition) is 6. The van der Waals surface area contributed by atoms with E-state index in [2.05, 4.69) is 16.0 Å². The summed E-state index contributed by atoms with van der Waals surface area (Å²) in [6, 6.07) is 9.62. The number of rotatable bonds is 25. The van der Waals surface area contributed by atoms with Crippen LogP contribution in [0.3, 0.4) is 0 Å². The Balaban J connectivity index is 1.83. The van der Waals surface area contributed by atoms with Gasteiger partial charge in [0, 0.05) is 45.3 Å². The molecule has 9 nitrogen and oxygen atoms in total. The average Bonchev–Trinajstić information content (AvgIpc) is 2.96. The minimum absolute atomic E-state index is 0.0501. The number of benzene rings is 1. The molecule has 0 heterocycles. The smallest absolute Gasteiger partial charge is 0.306 e. The van der Waals surface area contributed by atoms with Gasteiger partial charge >= 0.3 is 5.97 Å². The summed E-state index contributed by atoms with van der Waals surface area (Å²) in [6.07, 6.45) is 12.4. The van der Waals surface area contributed by atoms with Crippen LogP contribution in [0.15, 0.2) is 30.3 Å². The van der Waals surface area contributed by atoms with Crippen LogP contribution in [0.2, 0.25) is 0 Å². The van der Waals surface area contributed by atoms with E-state index in [4.69, 9.17) is 10.5 Å². The second kappa shape index (κ2) is 25.1. The number of carbonyl (C=O) groups is 4. The molecule has 3 amide bonds. The lowest BCUT2D eigenvalue weighted by Crippen LogP contribution is -2.25. The molecule has 0 bridgehead atoms. The van der Waals surface area contributed by atoms with Gasteiger partial charge in [-0.05, 0) is 63.5 Å². The molecular weight excluding hydrogens is 508 g/mol. The molecule has 0 radical (unpaired) electrons. The molecule has 9 heteroatoms. The van der Waals surface area contributed by atoms with Crippen molar-refractivity contribution in [3.8, 4) is 0 Å². The Labute approximate surface area is 240 Å². The highest BCUT2D eigenvalue weighted by Crippen LogP contribution is 2.06. The van der Waals surface area contributed by atoms with Gasteiger partial charge < -0.3 is 26.4 Å². The third-order valence-electron chi connectivity index (χ3n) is 6.54. The third kappa shape index (κ3) is 21.9. The molecule has 0 atom stereocenters. The maximum atomic E-state index is 12.0. The zero-order valence-corrected chi connectivity index (χ0v) is 24.4. The van der Waals surface area contributed by atoms with Gasteiger partial charge in [0.25, 0.3) is 0 Å². The van der Waals surface area contributed by atoms with Crippen LogP contribution in [0.1, 0.15) is 108 Å². The topological polar surface area (TPSA) is 140 Å². The predicted octanol–water partition coefficient (Wildman–Crippen LogP) is 4.28. The van der Waals surface area contributed by atoms with E-state index in [1.807, 2.05) is 30.3 Å². The molecule has 0 fully saturated rings. The number of amides is 3. The van der Waals surface area contributed by atoms with Crippen molar-refractivity contribution in [3.05, 3.63) is 35.9 Å². The third-order valence-corrected chi connectivity index (χ3v) is 6.54. The molecule has 0 saturated carbocycles. The Bertz CT molecular complexity index is 819. The van der Waals surface area contributed by atoms with Gasteiger partial charge in [-0.1, -0.05) is 56.0 Å². The minimum Gasteiger partial charge on any atom is -0.461 e. The van der Waals surface area contributed by atoms with E-state index in [1.54, 1.807) is 0 Å². The summed E-state index contributed by atoms with van der Waals surface area (Å²) in [6.45, 7) is 2.90. The molecule has 0 spiro atoms. The highest BCUT2D eigenvalue weighted by atomic mass is 16.5. The van der Waals surface area contributed by atoms with Crippen LogP contribution in [0.25, 0.3) is 0 Å². The van der Waals surface area contributed by atoms with Gasteiger partial charge in [-0.2, -0.15) is 0 Å². The number of esters is 1. The van der Waals surface area contributed by atoms with Crippen LogP contribution in [0, 0.1) is 0 Å². The average molecular weight is 561 g/mol. The van der Waals surface area contributed by atoms with Gasteiger partial charge in [0.1, 0.15) is 6.61 Å². The van der Waals surface area contributed by atoms with Crippen LogP contribution in [0.5, 0.6) is 0 Å². The molecular formula is C31H52N4O5. The van der Waals surface area contributed by atoms with E-state index < -0.39 is 0 Å². The van der Waals surface area contributed by atoms with Gasteiger partial charge in [0.15, 0.2) is 0 Å². The minimum atomic E-state index is -0.188. The largest absolute Gasteiger partial charge is 0.461 e. The maximum absolute atomic E-state index is 12.0. The summed E-state index contributed by atoms with van der Waals surface area (Å²) in [5.41, 5.74) is 6.42. The van der Waals surface area contributed by atoms with Crippen molar-refractivity contribution in [2.45, 2.75) is 109 Å². The highest BCUT2D eigenvalue weighted by molar-refractivity contribution is 5.76. The lowest BCUT2D eigenvalue weighted by atomic mass is 10.1. The predicted molar refractivity (Wildman–Crippen MR) is 158 cm³/mol. The van der Waals surface area contributed by atoms with Crippen LogP contribution >= 0.6 is 0 Å². The molecule has 0 aliphatic rings. The van der Waals surface area contributed by atoms with Crippen LogP contribution < -0.4 is 21.7 Å². The van der Waals surface area contributed by atoms with Crippen molar-refractivity contribution in [2.75, 3.05) is 26.2 Å². The van der Waals surface area contributed by atoms with E-state index in [1.165, 1.54) is 0 Å². The summed E-state index contributed by atoms with van der Waals surface area (Å²) >= 11 is 0. The van der Waals surface area contributed by atoms with Crippen molar-refractivity contribution >= 4 is 23.7 Å². The molecule has 0 aliphatic heterocycles. The van der Waals surface area contributed by atoms with Crippen molar-refractivity contribution in [1.82, 2.24) is 16.0 Å². The fraction of sp³-hybridized carbons (Fsp3) is 0.677. The van der Waals surface area contributed by atoms with Crippen molar-refractivity contribution in [1.29, 1.82) is 0 Å². The molecule has 0 aliphatic carbocycles. The first kappa shape index (κ1) is 35.1.